The minimum atomic E-state index is -0.362. The molecule has 1 aromatic carbocycles. The van der Waals surface area contributed by atoms with Gasteiger partial charge in [-0.25, -0.2) is 4.39 Å². The summed E-state index contributed by atoms with van der Waals surface area (Å²) >= 11 is 0. The van der Waals surface area contributed by atoms with E-state index in [9.17, 15) is 9.50 Å². The maximum absolute atomic E-state index is 13.6. The molecule has 3 rings (SSSR count). The topological polar surface area (TPSA) is 25.2 Å². The van der Waals surface area contributed by atoms with Crippen molar-refractivity contribution in [2.24, 2.45) is 0 Å². The molecule has 0 fully saturated rings. The minimum absolute atomic E-state index is 0.174. The molecule has 0 bridgehead atoms. The zero-order valence-electron chi connectivity index (χ0n) is 10.8. The lowest BCUT2D eigenvalue weighted by molar-refractivity contribution is 0.166. The lowest BCUT2D eigenvalue weighted by Crippen LogP contribution is -2.00. The van der Waals surface area contributed by atoms with E-state index in [2.05, 4.69) is 6.20 Å². The highest BCUT2D eigenvalue weighted by Crippen LogP contribution is 2.29. The first-order valence-corrected chi connectivity index (χ1v) is 6.84. The van der Waals surface area contributed by atoms with Crippen LogP contribution in [0.4, 0.5) is 4.39 Å². The molecule has 0 radical (unpaired) electrons. The summed E-state index contributed by atoms with van der Waals surface area (Å²) in [5.41, 5.74) is 2.91. The fourth-order valence-corrected chi connectivity index (χ4v) is 2.81. The summed E-state index contributed by atoms with van der Waals surface area (Å²) < 4.78 is 15.6. The second kappa shape index (κ2) is 5.17. The van der Waals surface area contributed by atoms with Crippen molar-refractivity contribution in [2.75, 3.05) is 0 Å². The van der Waals surface area contributed by atoms with Gasteiger partial charge in [-0.3, -0.25) is 0 Å². The molecule has 0 saturated carbocycles. The number of hydrogen-bond donors (Lipinski definition) is 1. The van der Waals surface area contributed by atoms with Crippen LogP contribution in [0.3, 0.4) is 0 Å². The van der Waals surface area contributed by atoms with Crippen LogP contribution >= 0.6 is 0 Å². The van der Waals surface area contributed by atoms with Gasteiger partial charge in [-0.2, -0.15) is 0 Å². The molecule has 3 heteroatoms. The average Bonchev–Trinajstić information content (AvgIpc) is 2.73. The number of aliphatic hydroxyl groups is 1. The largest absolute Gasteiger partial charge is 0.388 e. The van der Waals surface area contributed by atoms with Crippen molar-refractivity contribution in [3.8, 4) is 0 Å². The summed E-state index contributed by atoms with van der Waals surface area (Å²) in [5.74, 6) is -0.174. The first-order chi connectivity index (χ1) is 9.24. The zero-order chi connectivity index (χ0) is 13.2. The van der Waals surface area contributed by atoms with E-state index in [0.29, 0.717) is 12.1 Å². The molecule has 0 aliphatic heterocycles. The van der Waals surface area contributed by atoms with Gasteiger partial charge in [-0.05, 0) is 30.9 Å². The highest BCUT2D eigenvalue weighted by atomic mass is 19.1. The first-order valence-electron chi connectivity index (χ1n) is 6.84. The van der Waals surface area contributed by atoms with Crippen molar-refractivity contribution < 1.29 is 9.50 Å². The smallest absolute Gasteiger partial charge is 0.128 e. The standard InChI is InChI=1S/C16H18FNO/c17-15-7-3-1-6-13(15)10-18-9-12-5-2-4-8-16(19)14(12)11-18/h1,3,6-7,9,11,16,19H,2,4-5,8,10H2. The number of fused-ring (bicyclic) bond motifs is 1. The van der Waals surface area contributed by atoms with E-state index in [-0.39, 0.29) is 11.9 Å². The second-order valence-electron chi connectivity index (χ2n) is 5.26. The predicted octanol–water partition coefficient (Wildman–Crippen LogP) is 3.44. The van der Waals surface area contributed by atoms with Gasteiger partial charge in [0.15, 0.2) is 0 Å². The Kier molecular flexibility index (Phi) is 3.38. The molecule has 2 nitrogen and oxygen atoms in total. The van der Waals surface area contributed by atoms with Crippen LogP contribution in [-0.4, -0.2) is 9.67 Å². The molecule has 1 unspecified atom stereocenters. The third-order valence-corrected chi connectivity index (χ3v) is 3.84. The molecule has 1 heterocycles. The van der Waals surface area contributed by atoms with Crippen LogP contribution in [0.25, 0.3) is 0 Å². The Morgan fingerprint density at radius 1 is 1.21 bits per heavy atom. The quantitative estimate of drug-likeness (QED) is 0.821. The number of aliphatic hydroxyl groups excluding tert-OH is 1. The number of aromatic nitrogens is 1. The average molecular weight is 259 g/mol. The van der Waals surface area contributed by atoms with E-state index in [1.807, 2.05) is 16.8 Å². The summed E-state index contributed by atoms with van der Waals surface area (Å²) in [4.78, 5) is 0. The van der Waals surface area contributed by atoms with E-state index in [4.69, 9.17) is 0 Å². The number of aryl methyl sites for hydroxylation is 1. The molecule has 2 aromatic rings. The third-order valence-electron chi connectivity index (χ3n) is 3.84. The van der Waals surface area contributed by atoms with Crippen molar-refractivity contribution in [1.82, 2.24) is 4.57 Å². The van der Waals surface area contributed by atoms with Gasteiger partial charge in [-0.1, -0.05) is 24.6 Å². The third kappa shape index (κ3) is 2.56. The van der Waals surface area contributed by atoms with E-state index >= 15 is 0 Å². The summed E-state index contributed by atoms with van der Waals surface area (Å²) in [5, 5.41) is 10.1. The van der Waals surface area contributed by atoms with E-state index in [1.165, 1.54) is 11.6 Å². The van der Waals surface area contributed by atoms with Gasteiger partial charge in [0.25, 0.3) is 0 Å². The predicted molar refractivity (Wildman–Crippen MR) is 72.4 cm³/mol. The lowest BCUT2D eigenvalue weighted by atomic mass is 10.1. The Bertz CT molecular complexity index is 576. The van der Waals surface area contributed by atoms with Gasteiger partial charge in [0.2, 0.25) is 0 Å². The highest BCUT2D eigenvalue weighted by Gasteiger charge is 2.18. The molecule has 19 heavy (non-hydrogen) atoms. The van der Waals surface area contributed by atoms with E-state index in [1.54, 1.807) is 12.1 Å². The van der Waals surface area contributed by atoms with Crippen molar-refractivity contribution >= 4 is 0 Å². The number of rotatable bonds is 2. The summed E-state index contributed by atoms with van der Waals surface area (Å²) in [6, 6.07) is 6.84. The second-order valence-corrected chi connectivity index (χ2v) is 5.26. The molecule has 1 atom stereocenters. The van der Waals surface area contributed by atoms with Gasteiger partial charge in [-0.15, -0.1) is 0 Å². The van der Waals surface area contributed by atoms with Crippen molar-refractivity contribution in [3.05, 3.63) is 59.2 Å². The number of benzene rings is 1. The molecule has 1 aromatic heterocycles. The van der Waals surface area contributed by atoms with Gasteiger partial charge in [0, 0.05) is 30.1 Å². The van der Waals surface area contributed by atoms with Crippen LogP contribution in [0.1, 0.15) is 42.1 Å². The maximum atomic E-state index is 13.6. The highest BCUT2D eigenvalue weighted by molar-refractivity contribution is 5.29. The van der Waals surface area contributed by atoms with Crippen LogP contribution in [0.5, 0.6) is 0 Å². The molecular formula is C16H18FNO. The summed E-state index contributed by atoms with van der Waals surface area (Å²) in [6.45, 7) is 0.520. The fourth-order valence-electron chi connectivity index (χ4n) is 2.81. The number of halogens is 1. The zero-order valence-corrected chi connectivity index (χ0v) is 10.8. The SMILES string of the molecule is OC1CCCCc2cn(Cc3ccccc3F)cc21. The molecule has 0 saturated heterocycles. The van der Waals surface area contributed by atoms with Crippen molar-refractivity contribution in [1.29, 1.82) is 0 Å². The minimum Gasteiger partial charge on any atom is -0.388 e. The Morgan fingerprint density at radius 3 is 2.89 bits per heavy atom. The number of hydrogen-bond acceptors (Lipinski definition) is 1. The van der Waals surface area contributed by atoms with Crippen LogP contribution in [-0.2, 0) is 13.0 Å². The molecule has 0 amide bonds. The Balaban J connectivity index is 1.87. The van der Waals surface area contributed by atoms with Crippen molar-refractivity contribution in [3.63, 3.8) is 0 Å². The van der Waals surface area contributed by atoms with Crippen LogP contribution in [0, 0.1) is 5.82 Å². The maximum Gasteiger partial charge on any atom is 0.128 e. The Hall–Kier alpha value is -1.61. The molecule has 1 N–H and O–H groups in total. The van der Waals surface area contributed by atoms with Crippen LogP contribution in [0.15, 0.2) is 36.7 Å². The normalized spacial score (nSPS) is 18.9. The first kappa shape index (κ1) is 12.4. The van der Waals surface area contributed by atoms with Crippen LogP contribution < -0.4 is 0 Å². The van der Waals surface area contributed by atoms with Crippen molar-refractivity contribution in [2.45, 2.75) is 38.3 Å². The van der Waals surface area contributed by atoms with Crippen LogP contribution in [0.2, 0.25) is 0 Å². The van der Waals surface area contributed by atoms with Gasteiger partial charge in [0.1, 0.15) is 5.82 Å². The molecule has 1 aliphatic carbocycles. The van der Waals surface area contributed by atoms with E-state index in [0.717, 1.165) is 31.2 Å². The van der Waals surface area contributed by atoms with E-state index < -0.39 is 0 Å². The monoisotopic (exact) mass is 259 g/mol. The van der Waals surface area contributed by atoms with Gasteiger partial charge >= 0.3 is 0 Å². The molecule has 100 valence electrons. The number of nitrogens with zero attached hydrogens (tertiary/aromatic N) is 1. The molecule has 0 spiro atoms. The molecular weight excluding hydrogens is 241 g/mol. The fraction of sp³-hybridized carbons (Fsp3) is 0.375. The Labute approximate surface area is 112 Å². The Morgan fingerprint density at radius 2 is 2.05 bits per heavy atom. The summed E-state index contributed by atoms with van der Waals surface area (Å²) in [6.07, 6.45) is 7.69. The van der Waals surface area contributed by atoms with Gasteiger partial charge < -0.3 is 9.67 Å². The lowest BCUT2D eigenvalue weighted by Gasteiger charge is -2.07. The van der Waals surface area contributed by atoms with Gasteiger partial charge in [0.05, 0.1) is 6.10 Å². The summed E-state index contributed by atoms with van der Waals surface area (Å²) in [7, 11) is 0. The molecule has 1 aliphatic rings.